The van der Waals surface area contributed by atoms with E-state index >= 15 is 0 Å². The van der Waals surface area contributed by atoms with E-state index in [-0.39, 0.29) is 6.09 Å². The first-order valence-electron chi connectivity index (χ1n) is 9.92. The SMILES string of the molecule is COC1=CC(c2cccn2C)=N/C1=C/c1cc2c(n1C(=O)OC(C)(C)C)CCC2. The minimum Gasteiger partial charge on any atom is -0.494 e. The van der Waals surface area contributed by atoms with Crippen LogP contribution in [-0.2, 0) is 29.4 Å². The number of aryl methyl sites for hydroxylation is 2. The monoisotopic (exact) mass is 393 g/mol. The van der Waals surface area contributed by atoms with Gasteiger partial charge in [-0.2, -0.15) is 0 Å². The Kier molecular flexibility index (Phi) is 4.73. The largest absolute Gasteiger partial charge is 0.494 e. The Hall–Kier alpha value is -3.02. The van der Waals surface area contributed by atoms with E-state index in [1.54, 1.807) is 11.7 Å². The number of carbonyl (C=O) groups excluding carboxylic acids is 1. The number of aromatic nitrogens is 2. The van der Waals surface area contributed by atoms with E-state index in [1.807, 2.05) is 62.9 Å². The highest BCUT2D eigenvalue weighted by molar-refractivity contribution is 6.11. The van der Waals surface area contributed by atoms with Crippen LogP contribution in [0.4, 0.5) is 4.79 Å². The molecule has 152 valence electrons. The van der Waals surface area contributed by atoms with Gasteiger partial charge in [0, 0.05) is 25.0 Å². The van der Waals surface area contributed by atoms with Crippen LogP contribution in [0.25, 0.3) is 6.08 Å². The molecule has 2 aromatic heterocycles. The van der Waals surface area contributed by atoms with Crippen LogP contribution in [-0.4, -0.2) is 33.6 Å². The quantitative estimate of drug-likeness (QED) is 0.773. The molecule has 0 saturated carbocycles. The van der Waals surface area contributed by atoms with Gasteiger partial charge in [0.2, 0.25) is 0 Å². The Morgan fingerprint density at radius 3 is 2.72 bits per heavy atom. The average Bonchev–Trinajstić information content (AvgIpc) is 3.36. The van der Waals surface area contributed by atoms with Gasteiger partial charge in [0.15, 0.2) is 0 Å². The lowest BCUT2D eigenvalue weighted by Crippen LogP contribution is -2.28. The Morgan fingerprint density at radius 1 is 1.28 bits per heavy atom. The Balaban J connectivity index is 1.77. The van der Waals surface area contributed by atoms with E-state index in [1.165, 1.54) is 5.56 Å². The maximum absolute atomic E-state index is 12.9. The van der Waals surface area contributed by atoms with Gasteiger partial charge in [0.1, 0.15) is 17.1 Å². The number of aliphatic imine (C=N–C) groups is 1. The third-order valence-electron chi connectivity index (χ3n) is 5.13. The molecule has 0 saturated heterocycles. The highest BCUT2D eigenvalue weighted by Crippen LogP contribution is 2.31. The minimum absolute atomic E-state index is 0.347. The number of ether oxygens (including phenoxy) is 2. The predicted octanol–water partition coefficient (Wildman–Crippen LogP) is 4.47. The van der Waals surface area contributed by atoms with Gasteiger partial charge in [-0.1, -0.05) is 0 Å². The zero-order valence-corrected chi connectivity index (χ0v) is 17.7. The van der Waals surface area contributed by atoms with Crippen molar-refractivity contribution in [1.82, 2.24) is 9.13 Å². The zero-order valence-electron chi connectivity index (χ0n) is 17.7. The molecule has 6 heteroatoms. The van der Waals surface area contributed by atoms with Crippen molar-refractivity contribution in [3.63, 3.8) is 0 Å². The second-order valence-corrected chi connectivity index (χ2v) is 8.45. The molecule has 0 unspecified atom stereocenters. The van der Waals surface area contributed by atoms with Crippen molar-refractivity contribution >= 4 is 17.9 Å². The fraction of sp³-hybridized carbons (Fsp3) is 0.391. The van der Waals surface area contributed by atoms with Crippen molar-refractivity contribution in [2.24, 2.45) is 12.0 Å². The van der Waals surface area contributed by atoms with Crippen molar-refractivity contribution in [2.75, 3.05) is 7.11 Å². The van der Waals surface area contributed by atoms with Gasteiger partial charge < -0.3 is 14.0 Å². The summed E-state index contributed by atoms with van der Waals surface area (Å²) >= 11 is 0. The summed E-state index contributed by atoms with van der Waals surface area (Å²) in [6, 6.07) is 6.07. The molecule has 3 heterocycles. The number of carbonyl (C=O) groups is 1. The molecule has 2 aliphatic rings. The number of hydrogen-bond acceptors (Lipinski definition) is 4. The van der Waals surface area contributed by atoms with Gasteiger partial charge in [-0.15, -0.1) is 0 Å². The van der Waals surface area contributed by atoms with E-state index in [9.17, 15) is 4.79 Å². The van der Waals surface area contributed by atoms with E-state index < -0.39 is 5.60 Å². The molecule has 0 N–H and O–H groups in total. The lowest BCUT2D eigenvalue weighted by atomic mass is 10.2. The molecule has 0 radical (unpaired) electrons. The highest BCUT2D eigenvalue weighted by atomic mass is 16.6. The molecule has 1 aliphatic carbocycles. The second kappa shape index (κ2) is 7.10. The second-order valence-electron chi connectivity index (χ2n) is 8.45. The normalized spacial score (nSPS) is 17.3. The third-order valence-corrected chi connectivity index (χ3v) is 5.13. The van der Waals surface area contributed by atoms with Gasteiger partial charge in [-0.05, 0) is 69.9 Å². The molecular formula is C23H27N3O3. The van der Waals surface area contributed by atoms with E-state index in [4.69, 9.17) is 14.5 Å². The zero-order chi connectivity index (χ0) is 20.8. The molecule has 6 nitrogen and oxygen atoms in total. The summed E-state index contributed by atoms with van der Waals surface area (Å²) in [5.41, 5.74) is 5.01. The van der Waals surface area contributed by atoms with Crippen molar-refractivity contribution < 1.29 is 14.3 Å². The molecule has 0 amide bonds. The maximum atomic E-state index is 12.9. The summed E-state index contributed by atoms with van der Waals surface area (Å²) in [5, 5.41) is 0. The number of hydrogen-bond donors (Lipinski definition) is 0. The average molecular weight is 393 g/mol. The van der Waals surface area contributed by atoms with Gasteiger partial charge >= 0.3 is 6.09 Å². The molecule has 2 aromatic rings. The van der Waals surface area contributed by atoms with Crippen molar-refractivity contribution in [2.45, 2.75) is 45.6 Å². The number of rotatable bonds is 3. The molecule has 0 atom stereocenters. The lowest BCUT2D eigenvalue weighted by Gasteiger charge is -2.21. The van der Waals surface area contributed by atoms with Gasteiger partial charge in [-0.3, -0.25) is 0 Å². The van der Waals surface area contributed by atoms with Crippen LogP contribution in [0.5, 0.6) is 0 Å². The van der Waals surface area contributed by atoms with E-state index in [0.29, 0.717) is 11.5 Å². The van der Waals surface area contributed by atoms with Crippen LogP contribution in [0, 0.1) is 0 Å². The summed E-state index contributed by atoms with van der Waals surface area (Å²) in [4.78, 5) is 17.7. The summed E-state index contributed by atoms with van der Waals surface area (Å²) in [6.45, 7) is 5.64. The fourth-order valence-electron chi connectivity index (χ4n) is 3.87. The molecular weight excluding hydrogens is 366 g/mol. The third kappa shape index (κ3) is 3.67. The first kappa shape index (κ1) is 19.3. The Morgan fingerprint density at radius 2 is 2.07 bits per heavy atom. The summed E-state index contributed by atoms with van der Waals surface area (Å²) in [7, 11) is 3.62. The molecule has 0 bridgehead atoms. The number of methoxy groups -OCH3 is 1. The summed E-state index contributed by atoms with van der Waals surface area (Å²) in [6.07, 6.45) is 8.39. The number of fused-ring (bicyclic) bond motifs is 1. The van der Waals surface area contributed by atoms with Crippen molar-refractivity contribution in [1.29, 1.82) is 0 Å². The van der Waals surface area contributed by atoms with E-state index in [2.05, 4.69) is 6.07 Å². The highest BCUT2D eigenvalue weighted by Gasteiger charge is 2.27. The lowest BCUT2D eigenvalue weighted by molar-refractivity contribution is 0.0532. The fourth-order valence-corrected chi connectivity index (χ4v) is 3.87. The number of allylic oxidation sites excluding steroid dienone is 1. The van der Waals surface area contributed by atoms with Gasteiger partial charge in [0.25, 0.3) is 0 Å². The summed E-state index contributed by atoms with van der Waals surface area (Å²) in [5.74, 6) is 0.679. The number of nitrogens with zero attached hydrogens (tertiary/aromatic N) is 3. The molecule has 1 aliphatic heterocycles. The summed E-state index contributed by atoms with van der Waals surface area (Å²) < 4.78 is 15.0. The molecule has 0 aromatic carbocycles. The van der Waals surface area contributed by atoms with Crippen molar-refractivity contribution in [3.8, 4) is 0 Å². The standard InChI is InChI=1S/C23H27N3O3/c1-23(2,3)29-22(27)26-16(12-15-8-6-9-19(15)26)13-18-21(28-5)14-17(24-18)20-10-7-11-25(20)4/h7,10-14H,6,8-9H2,1-5H3/b18-13+. The Bertz CT molecular complexity index is 1060. The van der Waals surface area contributed by atoms with Gasteiger partial charge in [-0.25, -0.2) is 14.4 Å². The van der Waals surface area contributed by atoms with Crippen LogP contribution in [0.15, 0.2) is 46.9 Å². The van der Waals surface area contributed by atoms with Crippen LogP contribution in [0.3, 0.4) is 0 Å². The van der Waals surface area contributed by atoms with E-state index in [0.717, 1.165) is 42.1 Å². The maximum Gasteiger partial charge on any atom is 0.419 e. The van der Waals surface area contributed by atoms with Crippen molar-refractivity contribution in [3.05, 3.63) is 64.6 Å². The van der Waals surface area contributed by atoms with Crippen LogP contribution >= 0.6 is 0 Å². The predicted molar refractivity (Wildman–Crippen MR) is 113 cm³/mol. The van der Waals surface area contributed by atoms with Crippen LogP contribution in [0.2, 0.25) is 0 Å². The molecule has 0 fully saturated rings. The smallest absolute Gasteiger partial charge is 0.419 e. The van der Waals surface area contributed by atoms with Crippen LogP contribution < -0.4 is 0 Å². The minimum atomic E-state index is -0.555. The molecule has 29 heavy (non-hydrogen) atoms. The first-order valence-corrected chi connectivity index (χ1v) is 9.92. The topological polar surface area (TPSA) is 57.8 Å². The molecule has 0 spiro atoms. The molecule has 4 rings (SSSR count). The first-order chi connectivity index (χ1) is 13.8. The van der Waals surface area contributed by atoms with Gasteiger partial charge in [0.05, 0.1) is 24.2 Å². The van der Waals surface area contributed by atoms with Crippen LogP contribution in [0.1, 0.15) is 49.8 Å². The Labute approximate surface area is 171 Å².